The summed E-state index contributed by atoms with van der Waals surface area (Å²) < 4.78 is 82.1. The monoisotopic (exact) mass is 260 g/mol. The molecule has 0 saturated heterocycles. The number of hydrogen-bond acceptors (Lipinski definition) is 0. The molecule has 74 valence electrons. The van der Waals surface area contributed by atoms with Crippen molar-refractivity contribution in [1.82, 2.24) is 0 Å². The molecule has 8 heteroatoms. The summed E-state index contributed by atoms with van der Waals surface area (Å²) in [6, 6.07) is 0. The summed E-state index contributed by atoms with van der Waals surface area (Å²) >= 11 is -6.21. The molecule has 0 aliphatic heterocycles. The molecule has 0 nitrogen and oxygen atoms in total. The predicted molar refractivity (Wildman–Crippen MR) is 29.7 cm³/mol. The molecule has 0 saturated carbocycles. The van der Waals surface area contributed by atoms with Crippen molar-refractivity contribution in [2.24, 2.45) is 0 Å². The molecule has 0 atom stereocenters. The van der Waals surface area contributed by atoms with E-state index in [2.05, 4.69) is 0 Å². The third-order valence-electron chi connectivity index (χ3n) is 1.45. The van der Waals surface area contributed by atoms with Gasteiger partial charge in [-0.05, 0) is 0 Å². The summed E-state index contributed by atoms with van der Waals surface area (Å²) in [6.45, 7) is 0. The van der Waals surface area contributed by atoms with Crippen molar-refractivity contribution in [1.29, 1.82) is 0 Å². The third-order valence-corrected chi connectivity index (χ3v) is 7.54. The van der Waals surface area contributed by atoms with Crippen LogP contribution in [0.25, 0.3) is 0 Å². The van der Waals surface area contributed by atoms with E-state index in [-0.39, 0.29) is 0 Å². The molecule has 0 aromatic carbocycles. The normalized spacial score (nSPS) is 13.5. The van der Waals surface area contributed by atoms with Crippen molar-refractivity contribution < 1.29 is 30.7 Å². The number of rotatable bonds is 4. The number of hydrogen-bond donors (Lipinski definition) is 0. The van der Waals surface area contributed by atoms with Crippen LogP contribution in [-0.4, -0.2) is 34.5 Å². The van der Waals surface area contributed by atoms with E-state index < -0.39 is 34.5 Å². The number of alkyl halides is 7. The Hall–Kier alpha value is 0.0529. The molecule has 0 fully saturated rings. The first kappa shape index (κ1) is 12.1. The van der Waals surface area contributed by atoms with Gasteiger partial charge in [-0.2, -0.15) is 0 Å². The summed E-state index contributed by atoms with van der Waals surface area (Å²) in [4.78, 5) is 0. The molecule has 0 amide bonds. The fourth-order valence-corrected chi connectivity index (χ4v) is 2.39. The average molecular weight is 259 g/mol. The molecule has 0 N–H and O–H groups in total. The van der Waals surface area contributed by atoms with Crippen LogP contribution in [-0.2, 0) is 0 Å². The second kappa shape index (κ2) is 4.33. The van der Waals surface area contributed by atoms with Crippen molar-refractivity contribution in [3.63, 3.8) is 0 Å². The van der Waals surface area contributed by atoms with Gasteiger partial charge in [0, 0.05) is 0 Å². The van der Waals surface area contributed by atoms with Crippen molar-refractivity contribution in [2.45, 2.75) is 15.8 Å². The van der Waals surface area contributed by atoms with E-state index in [1.54, 1.807) is 0 Å². The van der Waals surface area contributed by atoms with E-state index in [9.17, 15) is 30.7 Å². The van der Waals surface area contributed by atoms with Gasteiger partial charge in [0.1, 0.15) is 0 Å². The zero-order valence-corrected chi connectivity index (χ0v) is 7.68. The van der Waals surface area contributed by atoms with Gasteiger partial charge in [-0.3, -0.25) is 0 Å². The van der Waals surface area contributed by atoms with Crippen LogP contribution in [0.3, 0.4) is 0 Å². The molecule has 0 bridgehead atoms. The molecule has 0 aromatic rings. The SMILES string of the molecule is F[CH2][Ge]([CH](F)F)([CH](F)F)[CH](F)F. The molecule has 0 radical (unpaired) electrons. The Bertz CT molecular complexity index is 114. The molecule has 12 heavy (non-hydrogen) atoms. The van der Waals surface area contributed by atoms with Crippen LogP contribution in [0.4, 0.5) is 30.7 Å². The van der Waals surface area contributed by atoms with Crippen molar-refractivity contribution in [3.8, 4) is 0 Å². The fraction of sp³-hybridized carbons (Fsp3) is 1.00. The maximum absolute atomic E-state index is 11.7. The summed E-state index contributed by atoms with van der Waals surface area (Å²) in [6.07, 6.45) is 0. The minimum atomic E-state index is -6.21. The van der Waals surface area contributed by atoms with Crippen molar-refractivity contribution >= 4 is 13.3 Å². The van der Waals surface area contributed by atoms with Crippen molar-refractivity contribution in [2.75, 3.05) is 5.51 Å². The topological polar surface area (TPSA) is 0 Å². The summed E-state index contributed by atoms with van der Waals surface area (Å²) in [5.41, 5.74) is -2.26. The van der Waals surface area contributed by atoms with E-state index in [1.165, 1.54) is 0 Å². The fourth-order valence-electron chi connectivity index (χ4n) is 0.461. The Morgan fingerprint density at radius 2 is 1.00 bits per heavy atom. The Balaban J connectivity index is 4.77. The Labute approximate surface area is 66.1 Å². The molecular formula is C4H5F7Ge. The second-order valence-electron chi connectivity index (χ2n) is 2.15. The molecule has 0 aliphatic rings. The molecular weight excluding hydrogens is 254 g/mol. The van der Waals surface area contributed by atoms with Crippen LogP contribution in [0.2, 0.25) is 0 Å². The Morgan fingerprint density at radius 1 is 0.750 bits per heavy atom. The van der Waals surface area contributed by atoms with Crippen LogP contribution >= 0.6 is 0 Å². The third kappa shape index (κ3) is 1.86. The summed E-state index contributed by atoms with van der Waals surface area (Å²) in [7, 11) is 0. The first-order valence-electron chi connectivity index (χ1n) is 2.80. The molecule has 0 rings (SSSR count). The van der Waals surface area contributed by atoms with Crippen molar-refractivity contribution in [3.05, 3.63) is 0 Å². The summed E-state index contributed by atoms with van der Waals surface area (Å²) in [5, 5.41) is -11.7. The Morgan fingerprint density at radius 3 is 1.00 bits per heavy atom. The zero-order chi connectivity index (χ0) is 9.94. The van der Waals surface area contributed by atoms with Gasteiger partial charge in [-0.15, -0.1) is 0 Å². The summed E-state index contributed by atoms with van der Waals surface area (Å²) in [5.74, 6) is 0. The van der Waals surface area contributed by atoms with Crippen LogP contribution in [0.5, 0.6) is 0 Å². The zero-order valence-electron chi connectivity index (χ0n) is 5.58. The standard InChI is InChI=1S/C4H5F7Ge/c5-1-12(2(6)7,3(8)9)4(10)11/h2-4H,1H2. The molecule has 0 unspecified atom stereocenters. The van der Waals surface area contributed by atoms with Crippen LogP contribution in [0.15, 0.2) is 0 Å². The van der Waals surface area contributed by atoms with Gasteiger partial charge in [0.2, 0.25) is 0 Å². The molecule has 0 aromatic heterocycles. The van der Waals surface area contributed by atoms with Gasteiger partial charge in [0.25, 0.3) is 0 Å². The van der Waals surface area contributed by atoms with Gasteiger partial charge in [-0.1, -0.05) is 0 Å². The van der Waals surface area contributed by atoms with E-state index in [1.807, 2.05) is 0 Å². The maximum atomic E-state index is 11.7. The van der Waals surface area contributed by atoms with Crippen LogP contribution < -0.4 is 0 Å². The van der Waals surface area contributed by atoms with Gasteiger partial charge >= 0.3 is 65.3 Å². The molecule has 0 spiro atoms. The van der Waals surface area contributed by atoms with Gasteiger partial charge in [0.05, 0.1) is 0 Å². The van der Waals surface area contributed by atoms with Crippen LogP contribution in [0, 0.1) is 0 Å². The molecule has 0 aliphatic carbocycles. The first-order valence-corrected chi connectivity index (χ1v) is 7.91. The average Bonchev–Trinajstić information content (AvgIpc) is 1.86. The van der Waals surface area contributed by atoms with Gasteiger partial charge in [0.15, 0.2) is 0 Å². The van der Waals surface area contributed by atoms with E-state index >= 15 is 0 Å². The quantitative estimate of drug-likeness (QED) is 0.536. The minimum absolute atomic E-state index is 2.26. The predicted octanol–water partition coefficient (Wildman–Crippen LogP) is 2.36. The molecule has 0 heterocycles. The first-order chi connectivity index (χ1) is 5.39. The van der Waals surface area contributed by atoms with E-state index in [4.69, 9.17) is 0 Å². The van der Waals surface area contributed by atoms with E-state index in [0.29, 0.717) is 0 Å². The second-order valence-corrected chi connectivity index (χ2v) is 10.1. The van der Waals surface area contributed by atoms with Gasteiger partial charge < -0.3 is 0 Å². The number of halogens is 7. The van der Waals surface area contributed by atoms with Gasteiger partial charge in [-0.25, -0.2) is 0 Å². The van der Waals surface area contributed by atoms with Crippen LogP contribution in [0.1, 0.15) is 0 Å². The van der Waals surface area contributed by atoms with E-state index in [0.717, 1.165) is 0 Å². The Kier molecular flexibility index (Phi) is 4.35.